The van der Waals surface area contributed by atoms with Crippen LogP contribution in [0.25, 0.3) is 15.3 Å². The first-order valence-corrected chi connectivity index (χ1v) is 7.86. The Balaban J connectivity index is 2.07. The Kier molecular flexibility index (Phi) is 3.84. The molecule has 0 bridgehead atoms. The molecular weight excluding hydrogens is 300 g/mol. The number of aryl methyl sites for hydroxylation is 1. The van der Waals surface area contributed by atoms with E-state index >= 15 is 0 Å². The molecule has 0 spiro atoms. The van der Waals surface area contributed by atoms with E-state index < -0.39 is 0 Å². The molecule has 0 aromatic carbocycles. The quantitative estimate of drug-likeness (QED) is 0.679. The van der Waals surface area contributed by atoms with Gasteiger partial charge in [0.1, 0.15) is 4.83 Å². The largest absolute Gasteiger partial charge is 0.383 e. The maximum Gasteiger partial charge on any atom is 0.164 e. The van der Waals surface area contributed by atoms with Gasteiger partial charge in [-0.3, -0.25) is 9.48 Å². The second kappa shape index (κ2) is 5.66. The van der Waals surface area contributed by atoms with Gasteiger partial charge in [-0.15, -0.1) is 11.3 Å². The molecular formula is C15H18N4O2S. The van der Waals surface area contributed by atoms with Gasteiger partial charge in [-0.05, 0) is 20.8 Å². The average Bonchev–Trinajstić information content (AvgIpc) is 3.09. The monoisotopic (exact) mass is 318 g/mol. The van der Waals surface area contributed by atoms with Gasteiger partial charge in [-0.25, -0.2) is 4.52 Å². The molecule has 0 N–H and O–H groups in total. The summed E-state index contributed by atoms with van der Waals surface area (Å²) >= 11 is 1.57. The molecule has 0 aliphatic rings. The normalized spacial score (nSPS) is 11.5. The highest BCUT2D eigenvalue weighted by molar-refractivity contribution is 7.21. The molecule has 0 amide bonds. The van der Waals surface area contributed by atoms with Gasteiger partial charge in [0.2, 0.25) is 0 Å². The molecule has 22 heavy (non-hydrogen) atoms. The van der Waals surface area contributed by atoms with Crippen molar-refractivity contribution in [1.82, 2.24) is 19.4 Å². The van der Waals surface area contributed by atoms with Crippen molar-refractivity contribution in [2.24, 2.45) is 0 Å². The van der Waals surface area contributed by atoms with Crippen LogP contribution < -0.4 is 0 Å². The highest BCUT2D eigenvalue weighted by Crippen LogP contribution is 2.34. The first-order valence-electron chi connectivity index (χ1n) is 7.04. The molecule has 0 aliphatic carbocycles. The SMILES string of the molecule is COCCn1nc(C)c(-c2cn3ncc(C(C)=O)c3s2)c1C. The van der Waals surface area contributed by atoms with E-state index in [0.29, 0.717) is 12.2 Å². The Hall–Kier alpha value is -1.99. The predicted molar refractivity (Wildman–Crippen MR) is 85.6 cm³/mol. The molecule has 0 radical (unpaired) electrons. The minimum atomic E-state index is 0.0348. The standard InChI is InChI=1S/C15H18N4O2S/c1-9-14(10(2)18(17-9)5-6-21-4)13-8-19-15(22-13)12(7-16-19)11(3)20/h7-8H,5-6H2,1-4H3. The molecule has 7 heteroatoms. The molecule has 0 saturated carbocycles. The number of ketones is 1. The number of ether oxygens (including phenoxy) is 1. The third kappa shape index (κ3) is 2.36. The predicted octanol–water partition coefficient (Wildman–Crippen LogP) is 2.73. The number of carbonyl (C=O) groups excluding carboxylic acids is 1. The molecule has 0 aliphatic heterocycles. The van der Waals surface area contributed by atoms with Crippen molar-refractivity contribution >= 4 is 22.0 Å². The molecule has 6 nitrogen and oxygen atoms in total. The summed E-state index contributed by atoms with van der Waals surface area (Å²) in [6, 6.07) is 0. The van der Waals surface area contributed by atoms with Crippen molar-refractivity contribution in [1.29, 1.82) is 0 Å². The lowest BCUT2D eigenvalue weighted by Crippen LogP contribution is -2.07. The molecule has 116 valence electrons. The number of thiazole rings is 1. The van der Waals surface area contributed by atoms with Crippen molar-refractivity contribution in [2.45, 2.75) is 27.3 Å². The zero-order valence-electron chi connectivity index (χ0n) is 13.1. The van der Waals surface area contributed by atoms with Crippen LogP contribution in [-0.2, 0) is 11.3 Å². The lowest BCUT2D eigenvalue weighted by Gasteiger charge is -2.03. The zero-order valence-corrected chi connectivity index (χ0v) is 13.9. The third-order valence-electron chi connectivity index (χ3n) is 3.71. The van der Waals surface area contributed by atoms with Crippen molar-refractivity contribution < 1.29 is 9.53 Å². The lowest BCUT2D eigenvalue weighted by atomic mass is 10.2. The summed E-state index contributed by atoms with van der Waals surface area (Å²) in [5.74, 6) is 0.0348. The van der Waals surface area contributed by atoms with E-state index in [1.165, 1.54) is 0 Å². The number of Topliss-reactive ketones (excluding diaryl/α,β-unsaturated/α-hetero) is 1. The van der Waals surface area contributed by atoms with E-state index in [4.69, 9.17) is 4.74 Å². The van der Waals surface area contributed by atoms with Crippen LogP contribution in [0.3, 0.4) is 0 Å². The number of hydrogen-bond acceptors (Lipinski definition) is 5. The van der Waals surface area contributed by atoms with Gasteiger partial charge in [-0.1, -0.05) is 0 Å². The van der Waals surface area contributed by atoms with Crippen LogP contribution in [0.1, 0.15) is 28.7 Å². The summed E-state index contributed by atoms with van der Waals surface area (Å²) in [7, 11) is 1.68. The summed E-state index contributed by atoms with van der Waals surface area (Å²) < 4.78 is 8.85. The highest BCUT2D eigenvalue weighted by Gasteiger charge is 2.18. The highest BCUT2D eigenvalue weighted by atomic mass is 32.1. The minimum absolute atomic E-state index is 0.0348. The van der Waals surface area contributed by atoms with Crippen LogP contribution in [0.5, 0.6) is 0 Å². The van der Waals surface area contributed by atoms with Crippen LogP contribution >= 0.6 is 11.3 Å². The van der Waals surface area contributed by atoms with Crippen LogP contribution in [0.4, 0.5) is 0 Å². The minimum Gasteiger partial charge on any atom is -0.383 e. The van der Waals surface area contributed by atoms with E-state index in [1.54, 1.807) is 36.1 Å². The van der Waals surface area contributed by atoms with Crippen molar-refractivity contribution in [3.63, 3.8) is 0 Å². The summed E-state index contributed by atoms with van der Waals surface area (Å²) in [6.07, 6.45) is 3.59. The molecule has 0 saturated heterocycles. The smallest absolute Gasteiger partial charge is 0.164 e. The van der Waals surface area contributed by atoms with E-state index in [0.717, 1.165) is 33.2 Å². The van der Waals surface area contributed by atoms with Crippen LogP contribution in [-0.4, -0.2) is 38.9 Å². The van der Waals surface area contributed by atoms with E-state index in [1.807, 2.05) is 17.8 Å². The Morgan fingerprint density at radius 3 is 2.86 bits per heavy atom. The van der Waals surface area contributed by atoms with Crippen molar-refractivity contribution in [3.05, 3.63) is 29.3 Å². The van der Waals surface area contributed by atoms with Gasteiger partial charge >= 0.3 is 0 Å². The van der Waals surface area contributed by atoms with Gasteiger partial charge in [0.25, 0.3) is 0 Å². The number of methoxy groups -OCH3 is 1. The Labute approximate surface area is 132 Å². The van der Waals surface area contributed by atoms with Crippen LogP contribution in [0.2, 0.25) is 0 Å². The van der Waals surface area contributed by atoms with Crippen LogP contribution in [0, 0.1) is 13.8 Å². The number of carbonyl (C=O) groups is 1. The summed E-state index contributed by atoms with van der Waals surface area (Å²) in [6.45, 7) is 6.98. The maximum absolute atomic E-state index is 11.6. The van der Waals surface area contributed by atoms with Gasteiger partial charge in [0.15, 0.2) is 5.78 Å². The molecule has 0 fully saturated rings. The molecule has 3 aromatic rings. The number of hydrogen-bond donors (Lipinski definition) is 0. The second-order valence-electron chi connectivity index (χ2n) is 5.22. The van der Waals surface area contributed by atoms with Crippen molar-refractivity contribution in [2.75, 3.05) is 13.7 Å². The van der Waals surface area contributed by atoms with Gasteiger partial charge in [-0.2, -0.15) is 10.2 Å². The molecule has 0 atom stereocenters. The first-order chi connectivity index (χ1) is 10.5. The molecule has 0 unspecified atom stereocenters. The number of aromatic nitrogens is 4. The second-order valence-corrected chi connectivity index (χ2v) is 6.25. The van der Waals surface area contributed by atoms with Gasteiger partial charge in [0, 0.05) is 24.6 Å². The maximum atomic E-state index is 11.6. The van der Waals surface area contributed by atoms with Gasteiger partial charge < -0.3 is 4.74 Å². The fourth-order valence-corrected chi connectivity index (χ4v) is 3.85. The lowest BCUT2D eigenvalue weighted by molar-refractivity contribution is 0.101. The van der Waals surface area contributed by atoms with E-state index in [-0.39, 0.29) is 5.78 Å². The first kappa shape index (κ1) is 14.9. The molecule has 3 rings (SSSR count). The third-order valence-corrected chi connectivity index (χ3v) is 4.84. The summed E-state index contributed by atoms with van der Waals surface area (Å²) in [4.78, 5) is 13.6. The number of nitrogens with zero attached hydrogens (tertiary/aromatic N) is 4. The fourth-order valence-electron chi connectivity index (χ4n) is 2.59. The van der Waals surface area contributed by atoms with E-state index in [2.05, 4.69) is 17.1 Å². The van der Waals surface area contributed by atoms with Gasteiger partial charge in [0.05, 0.1) is 35.5 Å². The molecule has 3 heterocycles. The zero-order chi connectivity index (χ0) is 15.9. The summed E-state index contributed by atoms with van der Waals surface area (Å²) in [5, 5.41) is 8.84. The topological polar surface area (TPSA) is 61.4 Å². The Bertz CT molecular complexity index is 843. The van der Waals surface area contributed by atoms with Crippen molar-refractivity contribution in [3.8, 4) is 10.4 Å². The number of rotatable bonds is 5. The number of fused-ring (bicyclic) bond motifs is 1. The Morgan fingerprint density at radius 2 is 2.18 bits per heavy atom. The average molecular weight is 318 g/mol. The molecule has 3 aromatic heterocycles. The van der Waals surface area contributed by atoms with Crippen LogP contribution in [0.15, 0.2) is 12.4 Å². The van der Waals surface area contributed by atoms with E-state index in [9.17, 15) is 4.79 Å². The Morgan fingerprint density at radius 1 is 1.41 bits per heavy atom. The fraction of sp³-hybridized carbons (Fsp3) is 0.400. The summed E-state index contributed by atoms with van der Waals surface area (Å²) in [5.41, 5.74) is 3.85.